The summed E-state index contributed by atoms with van der Waals surface area (Å²) >= 11 is 0. The zero-order chi connectivity index (χ0) is 24.7. The normalized spacial score (nSPS) is 18.8. The lowest BCUT2D eigenvalue weighted by molar-refractivity contribution is -0.126. The van der Waals surface area contributed by atoms with Crippen molar-refractivity contribution in [2.45, 2.75) is 19.3 Å². The predicted octanol–water partition coefficient (Wildman–Crippen LogP) is 2.81. The summed E-state index contributed by atoms with van der Waals surface area (Å²) < 4.78 is 0. The quantitative estimate of drug-likeness (QED) is 0.518. The number of rotatable bonds is 7. The molecule has 2 amide bonds. The zero-order valence-electron chi connectivity index (χ0n) is 20.7. The molecular weight excluding hydrogens is 452 g/mol. The molecule has 0 radical (unpaired) electrons. The maximum Gasteiger partial charge on any atom is 0.254 e. The van der Waals surface area contributed by atoms with Crippen molar-refractivity contribution in [2.24, 2.45) is 5.92 Å². The van der Waals surface area contributed by atoms with Crippen LogP contribution in [-0.2, 0) is 4.79 Å². The molecule has 3 aromatic rings. The smallest absolute Gasteiger partial charge is 0.254 e. The fraction of sp³-hybridized carbons (Fsp3) is 0.429. The van der Waals surface area contributed by atoms with Crippen LogP contribution in [0.1, 0.15) is 29.6 Å². The zero-order valence-corrected chi connectivity index (χ0v) is 20.7. The van der Waals surface area contributed by atoms with Gasteiger partial charge in [-0.2, -0.15) is 0 Å². The van der Waals surface area contributed by atoms with Crippen LogP contribution in [0.2, 0.25) is 0 Å². The Hall–Kier alpha value is -3.52. The van der Waals surface area contributed by atoms with Crippen LogP contribution in [0.3, 0.4) is 0 Å². The Kier molecular flexibility index (Phi) is 7.71. The van der Waals surface area contributed by atoms with Gasteiger partial charge in [-0.05, 0) is 48.7 Å². The number of amides is 2. The number of aromatic nitrogens is 2. The number of nitrogens with zero attached hydrogens (tertiary/aromatic N) is 5. The number of benzene rings is 2. The molecule has 8 heteroatoms. The van der Waals surface area contributed by atoms with Crippen molar-refractivity contribution >= 4 is 28.5 Å². The Labute approximate surface area is 212 Å². The van der Waals surface area contributed by atoms with Crippen molar-refractivity contribution < 1.29 is 9.59 Å². The topological polar surface area (TPSA) is 81.7 Å². The van der Waals surface area contributed by atoms with Crippen LogP contribution in [0.5, 0.6) is 0 Å². The number of piperazine rings is 1. The molecule has 2 saturated heterocycles. The number of anilines is 1. The molecule has 1 unspecified atom stereocenters. The van der Waals surface area contributed by atoms with Crippen LogP contribution in [0, 0.1) is 5.92 Å². The van der Waals surface area contributed by atoms with Crippen LogP contribution < -0.4 is 10.2 Å². The van der Waals surface area contributed by atoms with Crippen molar-refractivity contribution in [2.75, 3.05) is 57.3 Å². The second-order valence-corrected chi connectivity index (χ2v) is 9.64. The molecule has 0 saturated carbocycles. The van der Waals surface area contributed by atoms with Crippen LogP contribution in [0.25, 0.3) is 10.8 Å². The average Bonchev–Trinajstić information content (AvgIpc) is 2.95. The van der Waals surface area contributed by atoms with E-state index in [9.17, 15) is 9.59 Å². The van der Waals surface area contributed by atoms with E-state index in [1.807, 2.05) is 53.4 Å². The lowest BCUT2D eigenvalue weighted by Gasteiger charge is -2.34. The van der Waals surface area contributed by atoms with Crippen LogP contribution in [-0.4, -0.2) is 83.9 Å². The summed E-state index contributed by atoms with van der Waals surface area (Å²) in [5.74, 6) is 0.734. The fourth-order valence-electron chi connectivity index (χ4n) is 5.24. The van der Waals surface area contributed by atoms with Gasteiger partial charge in [-0.3, -0.25) is 14.5 Å². The second kappa shape index (κ2) is 11.5. The van der Waals surface area contributed by atoms with Crippen LogP contribution in [0.4, 0.5) is 5.95 Å². The summed E-state index contributed by atoms with van der Waals surface area (Å²) in [5, 5.41) is 5.15. The van der Waals surface area contributed by atoms with Crippen LogP contribution >= 0.6 is 0 Å². The SMILES string of the molecule is O=C(NCCCN1CCN(c2ncccn2)CC1)C1CCCN(C(=O)c2cccc3ccccc23)C1. The molecule has 1 N–H and O–H groups in total. The molecule has 0 spiro atoms. The van der Waals surface area contributed by atoms with Gasteiger partial charge in [-0.1, -0.05) is 36.4 Å². The predicted molar refractivity (Wildman–Crippen MR) is 141 cm³/mol. The van der Waals surface area contributed by atoms with E-state index in [-0.39, 0.29) is 17.7 Å². The summed E-state index contributed by atoms with van der Waals surface area (Å²) in [6, 6.07) is 15.6. The van der Waals surface area contributed by atoms with E-state index in [2.05, 4.69) is 25.1 Å². The molecule has 36 heavy (non-hydrogen) atoms. The van der Waals surface area contributed by atoms with Crippen molar-refractivity contribution in [1.29, 1.82) is 0 Å². The van der Waals surface area contributed by atoms with E-state index in [1.54, 1.807) is 12.4 Å². The minimum absolute atomic E-state index is 0.0179. The first-order valence-electron chi connectivity index (χ1n) is 13.0. The Balaban J connectivity index is 1.06. The third-order valence-electron chi connectivity index (χ3n) is 7.26. The molecule has 0 aliphatic carbocycles. The summed E-state index contributed by atoms with van der Waals surface area (Å²) in [6.45, 7) is 6.58. The molecule has 1 atom stereocenters. The summed E-state index contributed by atoms with van der Waals surface area (Å²) in [4.78, 5) is 41.4. The third-order valence-corrected chi connectivity index (χ3v) is 7.26. The van der Waals surface area contributed by atoms with Gasteiger partial charge in [0.1, 0.15) is 0 Å². The molecule has 5 rings (SSSR count). The highest BCUT2D eigenvalue weighted by atomic mass is 16.2. The molecular formula is C28H34N6O2. The number of likely N-dealkylation sites (tertiary alicyclic amines) is 1. The average molecular weight is 487 g/mol. The molecule has 2 aromatic carbocycles. The minimum Gasteiger partial charge on any atom is -0.356 e. The van der Waals surface area contributed by atoms with E-state index in [4.69, 9.17) is 0 Å². The van der Waals surface area contributed by atoms with E-state index in [0.717, 1.165) is 68.7 Å². The molecule has 2 fully saturated rings. The van der Waals surface area contributed by atoms with Crippen molar-refractivity contribution in [3.63, 3.8) is 0 Å². The Bertz CT molecular complexity index is 1170. The number of fused-ring (bicyclic) bond motifs is 1. The highest BCUT2D eigenvalue weighted by molar-refractivity contribution is 6.07. The van der Waals surface area contributed by atoms with Crippen LogP contribution in [0.15, 0.2) is 60.9 Å². The van der Waals surface area contributed by atoms with E-state index >= 15 is 0 Å². The Morgan fingerprint density at radius 3 is 2.53 bits per heavy atom. The monoisotopic (exact) mass is 486 g/mol. The van der Waals surface area contributed by atoms with Crippen molar-refractivity contribution in [3.8, 4) is 0 Å². The lowest BCUT2D eigenvalue weighted by Crippen LogP contribution is -2.48. The number of nitrogens with one attached hydrogen (secondary N) is 1. The first kappa shape index (κ1) is 24.2. The number of hydrogen-bond donors (Lipinski definition) is 1. The molecule has 0 bridgehead atoms. The maximum absolute atomic E-state index is 13.3. The Morgan fingerprint density at radius 1 is 0.917 bits per heavy atom. The molecule has 1 aromatic heterocycles. The first-order chi connectivity index (χ1) is 17.7. The molecule has 2 aliphatic heterocycles. The second-order valence-electron chi connectivity index (χ2n) is 9.64. The molecule has 3 heterocycles. The number of carbonyl (C=O) groups is 2. The van der Waals surface area contributed by atoms with Gasteiger partial charge in [-0.15, -0.1) is 0 Å². The van der Waals surface area contributed by atoms with E-state index in [1.165, 1.54) is 0 Å². The van der Waals surface area contributed by atoms with Gasteiger partial charge in [0.15, 0.2) is 0 Å². The van der Waals surface area contributed by atoms with Gasteiger partial charge < -0.3 is 15.1 Å². The van der Waals surface area contributed by atoms with E-state index in [0.29, 0.717) is 25.2 Å². The number of carbonyl (C=O) groups excluding carboxylic acids is 2. The highest BCUT2D eigenvalue weighted by Gasteiger charge is 2.29. The summed E-state index contributed by atoms with van der Waals surface area (Å²) in [7, 11) is 0. The van der Waals surface area contributed by atoms with Gasteiger partial charge >= 0.3 is 0 Å². The van der Waals surface area contributed by atoms with Gasteiger partial charge in [0.05, 0.1) is 5.92 Å². The van der Waals surface area contributed by atoms with E-state index < -0.39 is 0 Å². The number of hydrogen-bond acceptors (Lipinski definition) is 6. The lowest BCUT2D eigenvalue weighted by atomic mass is 9.95. The van der Waals surface area contributed by atoms with Gasteiger partial charge in [0.25, 0.3) is 5.91 Å². The van der Waals surface area contributed by atoms with Gasteiger partial charge in [0.2, 0.25) is 11.9 Å². The molecule has 8 nitrogen and oxygen atoms in total. The van der Waals surface area contributed by atoms with Gasteiger partial charge in [-0.25, -0.2) is 9.97 Å². The molecule has 2 aliphatic rings. The first-order valence-corrected chi connectivity index (χ1v) is 13.0. The van der Waals surface area contributed by atoms with Crippen molar-refractivity contribution in [3.05, 3.63) is 66.5 Å². The fourth-order valence-corrected chi connectivity index (χ4v) is 5.24. The number of piperidine rings is 1. The third kappa shape index (κ3) is 5.65. The maximum atomic E-state index is 13.3. The summed E-state index contributed by atoms with van der Waals surface area (Å²) in [6.07, 6.45) is 6.16. The standard InChI is InChI=1S/C28H34N6O2/c35-26(29-14-6-15-32-17-19-33(20-18-32)28-30-12-5-13-31-28)23-9-4-16-34(21-23)27(36)25-11-3-8-22-7-1-2-10-24(22)25/h1-3,5,7-8,10-13,23H,4,6,9,14-21H2,(H,29,35). The van der Waals surface area contributed by atoms with Crippen molar-refractivity contribution in [1.82, 2.24) is 25.1 Å². The Morgan fingerprint density at radius 2 is 1.69 bits per heavy atom. The largest absolute Gasteiger partial charge is 0.356 e. The summed E-state index contributed by atoms with van der Waals surface area (Å²) in [5.41, 5.74) is 0.716. The molecule has 188 valence electrons. The van der Waals surface area contributed by atoms with Gasteiger partial charge in [0, 0.05) is 63.8 Å². The highest BCUT2D eigenvalue weighted by Crippen LogP contribution is 2.23. The minimum atomic E-state index is -0.146.